The molecule has 1 aliphatic rings. The minimum Gasteiger partial charge on any atom is -0.496 e. The summed E-state index contributed by atoms with van der Waals surface area (Å²) in [6.07, 6.45) is 5.86. The number of likely N-dealkylation sites (tertiary alicyclic amines) is 1. The second-order valence-corrected chi connectivity index (χ2v) is 9.07. The molecule has 7 heteroatoms. The van der Waals surface area contributed by atoms with Crippen LogP contribution in [0.2, 0.25) is 0 Å². The molecule has 0 amide bonds. The van der Waals surface area contributed by atoms with E-state index in [0.717, 1.165) is 23.1 Å². The van der Waals surface area contributed by atoms with Crippen molar-refractivity contribution < 1.29 is 13.2 Å². The van der Waals surface area contributed by atoms with Crippen LogP contribution < -0.4 is 9.46 Å². The lowest BCUT2D eigenvalue weighted by Crippen LogP contribution is -2.40. The minimum absolute atomic E-state index is 0.289. The largest absolute Gasteiger partial charge is 0.496 e. The van der Waals surface area contributed by atoms with E-state index < -0.39 is 10.0 Å². The summed E-state index contributed by atoms with van der Waals surface area (Å²) in [6, 6.07) is 5.58. The van der Waals surface area contributed by atoms with E-state index in [0.29, 0.717) is 18.3 Å². The van der Waals surface area contributed by atoms with Gasteiger partial charge in [0.1, 0.15) is 5.75 Å². The number of piperidine rings is 1. The normalized spacial score (nSPS) is 19.4. The molecular formula is C17H27IN2O3S. The van der Waals surface area contributed by atoms with E-state index in [-0.39, 0.29) is 4.90 Å². The van der Waals surface area contributed by atoms with Gasteiger partial charge >= 0.3 is 0 Å². The average molecular weight is 466 g/mol. The van der Waals surface area contributed by atoms with Crippen LogP contribution in [0.5, 0.6) is 5.75 Å². The van der Waals surface area contributed by atoms with Crippen LogP contribution in [-0.2, 0) is 10.0 Å². The number of ether oxygens (including phenoxy) is 1. The summed E-state index contributed by atoms with van der Waals surface area (Å²) in [5, 5.41) is 0. The van der Waals surface area contributed by atoms with Gasteiger partial charge < -0.3 is 9.64 Å². The highest BCUT2D eigenvalue weighted by Gasteiger charge is 2.20. The molecule has 0 bridgehead atoms. The Bertz CT molecular complexity index is 637. The van der Waals surface area contributed by atoms with Gasteiger partial charge in [-0.1, -0.05) is 13.3 Å². The van der Waals surface area contributed by atoms with Crippen LogP contribution in [0.1, 0.15) is 39.0 Å². The zero-order valence-electron chi connectivity index (χ0n) is 14.4. The number of benzene rings is 1. The van der Waals surface area contributed by atoms with Crippen LogP contribution in [0.25, 0.3) is 0 Å². The average Bonchev–Trinajstić information content (AvgIpc) is 2.59. The molecule has 1 aromatic rings. The molecule has 5 nitrogen and oxygen atoms in total. The van der Waals surface area contributed by atoms with Crippen molar-refractivity contribution in [3.63, 3.8) is 0 Å². The van der Waals surface area contributed by atoms with Crippen molar-refractivity contribution >= 4 is 32.6 Å². The number of nitrogens with one attached hydrogen (secondary N) is 1. The van der Waals surface area contributed by atoms with E-state index in [2.05, 4.69) is 39.1 Å². The van der Waals surface area contributed by atoms with Gasteiger partial charge in [-0.25, -0.2) is 13.1 Å². The van der Waals surface area contributed by atoms with Gasteiger partial charge in [-0.2, -0.15) is 0 Å². The smallest absolute Gasteiger partial charge is 0.240 e. The minimum atomic E-state index is -3.46. The van der Waals surface area contributed by atoms with E-state index in [4.69, 9.17) is 4.74 Å². The van der Waals surface area contributed by atoms with Crippen molar-refractivity contribution in [3.05, 3.63) is 21.8 Å². The lowest BCUT2D eigenvalue weighted by atomic mass is 10.00. The molecule has 1 aromatic carbocycles. The Kier molecular flexibility index (Phi) is 7.77. The van der Waals surface area contributed by atoms with E-state index in [9.17, 15) is 8.42 Å². The number of hydrogen-bond donors (Lipinski definition) is 1. The molecule has 0 radical (unpaired) electrons. The van der Waals surface area contributed by atoms with Crippen molar-refractivity contribution in [3.8, 4) is 5.75 Å². The first-order valence-corrected chi connectivity index (χ1v) is 11.1. The number of rotatable bonds is 8. The zero-order chi connectivity index (χ0) is 17.6. The molecule has 1 atom stereocenters. The Hall–Kier alpha value is -0.380. The summed E-state index contributed by atoms with van der Waals surface area (Å²) in [6.45, 7) is 4.80. The molecular weight excluding hydrogens is 439 g/mol. The zero-order valence-corrected chi connectivity index (χ0v) is 17.4. The first-order valence-electron chi connectivity index (χ1n) is 8.55. The van der Waals surface area contributed by atoms with Crippen LogP contribution in [0.4, 0.5) is 0 Å². The Balaban J connectivity index is 1.85. The Morgan fingerprint density at radius 2 is 2.17 bits per heavy atom. The third kappa shape index (κ3) is 5.31. The molecule has 0 aliphatic carbocycles. The van der Waals surface area contributed by atoms with E-state index >= 15 is 0 Å². The fraction of sp³-hybridized carbons (Fsp3) is 0.647. The quantitative estimate of drug-likeness (QED) is 0.472. The van der Waals surface area contributed by atoms with E-state index in [1.807, 2.05) is 0 Å². The lowest BCUT2D eigenvalue weighted by molar-refractivity contribution is 0.143. The molecule has 1 heterocycles. The van der Waals surface area contributed by atoms with Gasteiger partial charge in [-0.05, 0) is 79.6 Å². The number of sulfonamides is 1. The highest BCUT2D eigenvalue weighted by Crippen LogP contribution is 2.24. The van der Waals surface area contributed by atoms with Gasteiger partial charge in [0.2, 0.25) is 10.0 Å². The molecule has 1 aliphatic heterocycles. The van der Waals surface area contributed by atoms with Crippen LogP contribution in [-0.4, -0.2) is 46.1 Å². The van der Waals surface area contributed by atoms with Crippen LogP contribution in [0, 0.1) is 3.57 Å². The summed E-state index contributed by atoms with van der Waals surface area (Å²) in [5.41, 5.74) is 0. The predicted octanol–water partition coefficient (Wildman–Crippen LogP) is 3.23. The molecule has 2 rings (SSSR count). The van der Waals surface area contributed by atoms with E-state index in [1.54, 1.807) is 25.3 Å². The number of nitrogens with zero attached hydrogens (tertiary/aromatic N) is 1. The van der Waals surface area contributed by atoms with E-state index in [1.165, 1.54) is 25.7 Å². The van der Waals surface area contributed by atoms with Gasteiger partial charge in [0.25, 0.3) is 0 Å². The van der Waals surface area contributed by atoms with Gasteiger partial charge in [-0.15, -0.1) is 0 Å². The standard InChI is InChI=1S/C17H27IN2O3S/c1-3-14-7-4-5-11-20(14)12-6-10-19-24(21,22)15-8-9-17(23-2)16(18)13-15/h8-9,13-14,19H,3-7,10-12H2,1-2H3/t14-/m0/s1. The predicted molar refractivity (Wildman–Crippen MR) is 105 cm³/mol. The third-order valence-corrected chi connectivity index (χ3v) is 6.87. The summed E-state index contributed by atoms with van der Waals surface area (Å²) >= 11 is 2.08. The van der Waals surface area contributed by atoms with Gasteiger partial charge in [-0.3, -0.25) is 0 Å². The van der Waals surface area contributed by atoms with Gasteiger partial charge in [0.15, 0.2) is 0 Å². The molecule has 24 heavy (non-hydrogen) atoms. The first kappa shape index (κ1) is 19.9. The molecule has 0 saturated carbocycles. The summed E-state index contributed by atoms with van der Waals surface area (Å²) < 4.78 is 33.4. The van der Waals surface area contributed by atoms with Crippen molar-refractivity contribution in [2.24, 2.45) is 0 Å². The highest BCUT2D eigenvalue weighted by molar-refractivity contribution is 14.1. The Morgan fingerprint density at radius 1 is 1.38 bits per heavy atom. The maximum atomic E-state index is 12.4. The lowest BCUT2D eigenvalue weighted by Gasteiger charge is -2.35. The van der Waals surface area contributed by atoms with Crippen molar-refractivity contribution in [1.29, 1.82) is 0 Å². The van der Waals surface area contributed by atoms with Gasteiger partial charge in [0.05, 0.1) is 15.6 Å². The number of methoxy groups -OCH3 is 1. The van der Waals surface area contributed by atoms with Gasteiger partial charge in [0, 0.05) is 12.6 Å². The first-order chi connectivity index (χ1) is 11.5. The fourth-order valence-electron chi connectivity index (χ4n) is 3.20. The van der Waals surface area contributed by atoms with Crippen molar-refractivity contribution in [1.82, 2.24) is 9.62 Å². The summed E-state index contributed by atoms with van der Waals surface area (Å²) in [4.78, 5) is 2.80. The molecule has 0 aromatic heterocycles. The monoisotopic (exact) mass is 466 g/mol. The van der Waals surface area contributed by atoms with Crippen LogP contribution in [0.3, 0.4) is 0 Å². The van der Waals surface area contributed by atoms with Crippen LogP contribution in [0.15, 0.2) is 23.1 Å². The highest BCUT2D eigenvalue weighted by atomic mass is 127. The topological polar surface area (TPSA) is 58.6 Å². The SMILES string of the molecule is CC[C@H]1CCCCN1CCCNS(=O)(=O)c1ccc(OC)c(I)c1. The Labute approximate surface area is 159 Å². The number of halogens is 1. The third-order valence-electron chi connectivity index (χ3n) is 4.57. The fourth-order valence-corrected chi connectivity index (χ4v) is 5.25. The molecule has 1 N–H and O–H groups in total. The summed E-state index contributed by atoms with van der Waals surface area (Å²) in [5.74, 6) is 0.685. The maximum absolute atomic E-state index is 12.4. The molecule has 0 spiro atoms. The second kappa shape index (κ2) is 9.35. The molecule has 0 unspecified atom stereocenters. The number of hydrogen-bond acceptors (Lipinski definition) is 4. The maximum Gasteiger partial charge on any atom is 0.240 e. The Morgan fingerprint density at radius 3 is 2.83 bits per heavy atom. The van der Waals surface area contributed by atoms with Crippen molar-refractivity contribution in [2.75, 3.05) is 26.7 Å². The summed E-state index contributed by atoms with van der Waals surface area (Å²) in [7, 11) is -1.88. The second-order valence-electron chi connectivity index (χ2n) is 6.14. The van der Waals surface area contributed by atoms with Crippen LogP contribution >= 0.6 is 22.6 Å². The molecule has 1 fully saturated rings. The van der Waals surface area contributed by atoms with Crippen molar-refractivity contribution in [2.45, 2.75) is 50.0 Å². The molecule has 136 valence electrons. The molecule has 1 saturated heterocycles.